The van der Waals surface area contributed by atoms with Crippen molar-refractivity contribution in [1.82, 2.24) is 19.8 Å². The molecule has 0 unspecified atom stereocenters. The maximum Gasteiger partial charge on any atom is 0.408 e. The lowest BCUT2D eigenvalue weighted by Crippen LogP contribution is -2.44. The average molecular weight is 505 g/mol. The van der Waals surface area contributed by atoms with Gasteiger partial charge in [-0.2, -0.15) is 0 Å². The van der Waals surface area contributed by atoms with E-state index in [0.717, 1.165) is 6.42 Å². The van der Waals surface area contributed by atoms with Crippen LogP contribution in [-0.4, -0.2) is 84.0 Å². The van der Waals surface area contributed by atoms with Crippen molar-refractivity contribution in [3.8, 4) is 0 Å². The van der Waals surface area contributed by atoms with Crippen LogP contribution in [0.1, 0.15) is 43.4 Å². The molecule has 0 bridgehead atoms. The molecular formula is C24H32N4O8. The van der Waals surface area contributed by atoms with E-state index in [1.54, 1.807) is 39.0 Å². The number of alkyl carbamates (subject to hydrolysis) is 1. The van der Waals surface area contributed by atoms with Crippen molar-refractivity contribution in [3.05, 3.63) is 29.6 Å². The third-order valence-corrected chi connectivity index (χ3v) is 5.44. The molecule has 12 nitrogen and oxygen atoms in total. The van der Waals surface area contributed by atoms with E-state index < -0.39 is 29.5 Å². The van der Waals surface area contributed by atoms with Gasteiger partial charge in [0.15, 0.2) is 0 Å². The third-order valence-electron chi connectivity index (χ3n) is 5.44. The first-order valence-electron chi connectivity index (χ1n) is 11.5. The Labute approximate surface area is 208 Å². The molecule has 1 aromatic carbocycles. The zero-order chi connectivity index (χ0) is 26.5. The fraction of sp³-hybridized carbons (Fsp3) is 0.542. The molecule has 36 heavy (non-hydrogen) atoms. The Kier molecular flexibility index (Phi) is 8.51. The highest BCUT2D eigenvalue weighted by molar-refractivity contribution is 5.93. The van der Waals surface area contributed by atoms with E-state index in [4.69, 9.17) is 18.9 Å². The van der Waals surface area contributed by atoms with E-state index in [1.165, 1.54) is 19.1 Å². The van der Waals surface area contributed by atoms with Crippen LogP contribution >= 0.6 is 0 Å². The largest absolute Gasteiger partial charge is 0.468 e. The summed E-state index contributed by atoms with van der Waals surface area (Å²) in [6, 6.07) is 4.98. The van der Waals surface area contributed by atoms with Gasteiger partial charge in [0.2, 0.25) is 5.91 Å². The number of ether oxygens (including phenoxy) is 4. The van der Waals surface area contributed by atoms with Crippen LogP contribution in [0.4, 0.5) is 4.79 Å². The minimum absolute atomic E-state index is 0.0403. The topological polar surface area (TPSA) is 138 Å². The summed E-state index contributed by atoms with van der Waals surface area (Å²) in [5, 5.41) is 2.41. The summed E-state index contributed by atoms with van der Waals surface area (Å²) in [7, 11) is 2.53. The van der Waals surface area contributed by atoms with Crippen molar-refractivity contribution in [2.75, 3.05) is 33.9 Å². The number of rotatable bonds is 9. The molecule has 196 valence electrons. The van der Waals surface area contributed by atoms with Gasteiger partial charge >= 0.3 is 18.0 Å². The molecule has 2 amide bonds. The Morgan fingerprint density at radius 1 is 1.19 bits per heavy atom. The number of aromatic nitrogens is 2. The minimum Gasteiger partial charge on any atom is -0.468 e. The Balaban J connectivity index is 1.88. The van der Waals surface area contributed by atoms with Crippen LogP contribution in [-0.2, 0) is 41.6 Å². The van der Waals surface area contributed by atoms with E-state index in [-0.39, 0.29) is 25.7 Å². The zero-order valence-corrected chi connectivity index (χ0v) is 21.2. The summed E-state index contributed by atoms with van der Waals surface area (Å²) < 4.78 is 22.2. The van der Waals surface area contributed by atoms with Crippen LogP contribution in [0.15, 0.2) is 18.2 Å². The first-order valence-corrected chi connectivity index (χ1v) is 11.5. The number of carbonyl (C=O) groups excluding carboxylic acids is 4. The number of benzene rings is 1. The maximum absolute atomic E-state index is 13.0. The van der Waals surface area contributed by atoms with E-state index in [0.29, 0.717) is 35.6 Å². The summed E-state index contributed by atoms with van der Waals surface area (Å²) >= 11 is 0. The van der Waals surface area contributed by atoms with Gasteiger partial charge in [0.05, 0.1) is 50.0 Å². The number of fused-ring (bicyclic) bond motifs is 1. The van der Waals surface area contributed by atoms with Crippen molar-refractivity contribution in [2.24, 2.45) is 0 Å². The minimum atomic E-state index is -0.751. The normalized spacial score (nSPS) is 15.1. The van der Waals surface area contributed by atoms with E-state index in [9.17, 15) is 19.2 Å². The molecule has 0 spiro atoms. The van der Waals surface area contributed by atoms with Gasteiger partial charge in [-0.3, -0.25) is 9.59 Å². The second-order valence-electron chi connectivity index (χ2n) is 9.30. The highest BCUT2D eigenvalue weighted by Crippen LogP contribution is 2.23. The number of imidazole rings is 1. The van der Waals surface area contributed by atoms with Crippen LogP contribution in [0, 0.1) is 0 Å². The average Bonchev–Trinajstić information content (AvgIpc) is 3.13. The third kappa shape index (κ3) is 6.94. The van der Waals surface area contributed by atoms with Gasteiger partial charge < -0.3 is 33.7 Å². The number of methoxy groups -OCH3 is 2. The van der Waals surface area contributed by atoms with Crippen LogP contribution in [0.2, 0.25) is 0 Å². The van der Waals surface area contributed by atoms with Gasteiger partial charge in [-0.1, -0.05) is 0 Å². The second kappa shape index (κ2) is 11.4. The molecule has 0 aliphatic carbocycles. The lowest BCUT2D eigenvalue weighted by atomic mass is 10.1. The number of nitrogens with zero attached hydrogens (tertiary/aromatic N) is 3. The van der Waals surface area contributed by atoms with Gasteiger partial charge in [0.1, 0.15) is 24.5 Å². The first-order chi connectivity index (χ1) is 17.0. The monoisotopic (exact) mass is 504 g/mol. The number of hydrogen-bond acceptors (Lipinski definition) is 9. The molecule has 1 N–H and O–H groups in total. The quantitative estimate of drug-likeness (QED) is 0.399. The SMILES string of the molecule is COC(=O)CN(Cc1nc2ccc(C(=O)OC)cc2n1C[C@@H]1CCO1)C(=O)CNC(=O)OC(C)(C)C. The highest BCUT2D eigenvalue weighted by atomic mass is 16.6. The lowest BCUT2D eigenvalue weighted by molar-refractivity contribution is -0.147. The number of carbonyl (C=O) groups is 4. The van der Waals surface area contributed by atoms with Crippen LogP contribution < -0.4 is 5.32 Å². The molecule has 2 aromatic rings. The van der Waals surface area contributed by atoms with Crippen LogP contribution in [0.3, 0.4) is 0 Å². The van der Waals surface area contributed by atoms with E-state index in [1.807, 2.05) is 4.57 Å². The predicted octanol–water partition coefficient (Wildman–Crippen LogP) is 1.64. The van der Waals surface area contributed by atoms with Crippen molar-refractivity contribution in [2.45, 2.75) is 52.0 Å². The summed E-state index contributed by atoms with van der Waals surface area (Å²) in [6.07, 6.45) is 0.0700. The standard InChI is InChI=1S/C24H32N4O8/c1-24(2,3)36-23(32)25-11-20(29)27(14-21(30)33-4)13-19-26-17-7-6-15(22(31)34-5)10-18(17)28(19)12-16-8-9-35-16/h6-7,10,16H,8-9,11-14H2,1-5H3,(H,25,32)/t16-/m0/s1. The number of hydrogen-bond donors (Lipinski definition) is 1. The molecule has 1 saturated heterocycles. The van der Waals surface area contributed by atoms with Gasteiger partial charge in [0.25, 0.3) is 0 Å². The molecular weight excluding hydrogens is 472 g/mol. The zero-order valence-electron chi connectivity index (χ0n) is 21.2. The van der Waals surface area contributed by atoms with Crippen molar-refractivity contribution in [3.63, 3.8) is 0 Å². The summed E-state index contributed by atoms with van der Waals surface area (Å²) in [5.41, 5.74) is 0.905. The lowest BCUT2D eigenvalue weighted by Gasteiger charge is -2.28. The molecule has 1 aliphatic heterocycles. The number of amides is 2. The Morgan fingerprint density at radius 3 is 2.50 bits per heavy atom. The highest BCUT2D eigenvalue weighted by Gasteiger charge is 2.26. The number of esters is 2. The van der Waals surface area contributed by atoms with Gasteiger partial charge in [-0.25, -0.2) is 14.6 Å². The van der Waals surface area contributed by atoms with Crippen LogP contribution in [0.5, 0.6) is 0 Å². The van der Waals surface area contributed by atoms with Crippen LogP contribution in [0.25, 0.3) is 11.0 Å². The fourth-order valence-corrected chi connectivity index (χ4v) is 3.57. The molecule has 2 heterocycles. The molecule has 1 aliphatic rings. The molecule has 0 radical (unpaired) electrons. The predicted molar refractivity (Wildman–Crippen MR) is 127 cm³/mol. The Morgan fingerprint density at radius 2 is 1.92 bits per heavy atom. The van der Waals surface area contributed by atoms with E-state index >= 15 is 0 Å². The smallest absolute Gasteiger partial charge is 0.408 e. The summed E-state index contributed by atoms with van der Waals surface area (Å²) in [4.78, 5) is 55.0. The maximum atomic E-state index is 13.0. The molecule has 3 rings (SSSR count). The molecule has 1 aromatic heterocycles. The van der Waals surface area contributed by atoms with Crippen molar-refractivity contribution >= 4 is 35.0 Å². The first kappa shape index (κ1) is 26.9. The summed E-state index contributed by atoms with van der Waals surface area (Å²) in [5.74, 6) is -1.16. The Bertz CT molecular complexity index is 1130. The van der Waals surface area contributed by atoms with Gasteiger partial charge in [0, 0.05) is 6.61 Å². The molecule has 1 fully saturated rings. The molecule has 0 saturated carbocycles. The summed E-state index contributed by atoms with van der Waals surface area (Å²) in [6.45, 7) is 5.46. The van der Waals surface area contributed by atoms with Crippen molar-refractivity contribution in [1.29, 1.82) is 0 Å². The van der Waals surface area contributed by atoms with Gasteiger partial charge in [-0.15, -0.1) is 0 Å². The second-order valence-corrected chi connectivity index (χ2v) is 9.30. The molecule has 1 atom stereocenters. The van der Waals surface area contributed by atoms with Gasteiger partial charge in [-0.05, 0) is 45.4 Å². The van der Waals surface area contributed by atoms with Crippen molar-refractivity contribution < 1.29 is 38.1 Å². The molecule has 12 heteroatoms. The number of nitrogens with one attached hydrogen (secondary N) is 1. The fourth-order valence-electron chi connectivity index (χ4n) is 3.57. The Hall–Kier alpha value is -3.67. The van der Waals surface area contributed by atoms with E-state index in [2.05, 4.69) is 10.3 Å².